The van der Waals surface area contributed by atoms with E-state index in [2.05, 4.69) is 15.6 Å². The molecule has 6 nitrogen and oxygen atoms in total. The summed E-state index contributed by atoms with van der Waals surface area (Å²) >= 11 is 0. The summed E-state index contributed by atoms with van der Waals surface area (Å²) in [5, 5.41) is 6.11. The van der Waals surface area contributed by atoms with Crippen LogP contribution in [0.3, 0.4) is 0 Å². The van der Waals surface area contributed by atoms with Gasteiger partial charge in [-0.1, -0.05) is 35.9 Å². The molecule has 29 heavy (non-hydrogen) atoms. The Morgan fingerprint density at radius 2 is 1.90 bits per heavy atom. The van der Waals surface area contributed by atoms with E-state index in [-0.39, 0.29) is 23.3 Å². The molecule has 1 amide bonds. The standard InChI is InChI=1S/C23H24N4O2/c1-15-3-6-17(7-4-15)14-25-21-23(29)27(12-11-24-21)20-13-18(8-5-16(20)2)22(28)26-19-9-10-19/h3-8,11-13,19H,9-10,14H2,1-2H3,(H,24,25)(H,26,28). The second-order valence-corrected chi connectivity index (χ2v) is 7.54. The zero-order valence-electron chi connectivity index (χ0n) is 16.6. The highest BCUT2D eigenvalue weighted by molar-refractivity contribution is 5.95. The molecule has 2 N–H and O–H groups in total. The number of amides is 1. The first-order chi connectivity index (χ1) is 14.0. The summed E-state index contributed by atoms with van der Waals surface area (Å²) in [6.07, 6.45) is 5.29. The van der Waals surface area contributed by atoms with Gasteiger partial charge < -0.3 is 10.6 Å². The average molecular weight is 388 g/mol. The molecule has 0 aliphatic heterocycles. The molecule has 0 unspecified atom stereocenters. The molecule has 148 valence electrons. The SMILES string of the molecule is Cc1ccc(CNc2nccn(-c3cc(C(=O)NC4CC4)ccc3C)c2=O)cc1. The zero-order valence-corrected chi connectivity index (χ0v) is 16.6. The molecule has 6 heteroatoms. The van der Waals surface area contributed by atoms with Crippen LogP contribution in [0.1, 0.15) is 39.9 Å². The minimum Gasteiger partial charge on any atom is -0.361 e. The molecule has 1 aliphatic rings. The van der Waals surface area contributed by atoms with Crippen molar-refractivity contribution >= 4 is 11.7 Å². The van der Waals surface area contributed by atoms with Crippen molar-refractivity contribution in [3.05, 3.63) is 87.5 Å². The van der Waals surface area contributed by atoms with Crippen LogP contribution in [0.15, 0.2) is 59.7 Å². The highest BCUT2D eigenvalue weighted by atomic mass is 16.2. The molecule has 1 heterocycles. The summed E-state index contributed by atoms with van der Waals surface area (Å²) in [5.41, 5.74) is 4.15. The number of carbonyl (C=O) groups is 1. The van der Waals surface area contributed by atoms with E-state index in [1.165, 1.54) is 10.1 Å². The summed E-state index contributed by atoms with van der Waals surface area (Å²) in [7, 11) is 0. The van der Waals surface area contributed by atoms with Crippen LogP contribution >= 0.6 is 0 Å². The largest absolute Gasteiger partial charge is 0.361 e. The molecule has 1 aliphatic carbocycles. The van der Waals surface area contributed by atoms with Crippen LogP contribution in [0.4, 0.5) is 5.82 Å². The van der Waals surface area contributed by atoms with E-state index in [0.29, 0.717) is 17.8 Å². The van der Waals surface area contributed by atoms with Gasteiger partial charge in [-0.2, -0.15) is 0 Å². The lowest BCUT2D eigenvalue weighted by atomic mass is 10.1. The summed E-state index contributed by atoms with van der Waals surface area (Å²) < 4.78 is 1.54. The Labute approximate surface area is 169 Å². The number of rotatable bonds is 6. The lowest BCUT2D eigenvalue weighted by Crippen LogP contribution is -2.26. The number of nitrogens with zero attached hydrogens (tertiary/aromatic N) is 2. The molecular formula is C23H24N4O2. The maximum atomic E-state index is 13.0. The number of aryl methyl sites for hydroxylation is 2. The molecule has 0 radical (unpaired) electrons. The van der Waals surface area contributed by atoms with E-state index in [9.17, 15) is 9.59 Å². The molecular weight excluding hydrogens is 364 g/mol. The third-order valence-corrected chi connectivity index (χ3v) is 5.06. The van der Waals surface area contributed by atoms with Crippen molar-refractivity contribution in [2.45, 2.75) is 39.3 Å². The van der Waals surface area contributed by atoms with Crippen molar-refractivity contribution in [1.82, 2.24) is 14.9 Å². The number of hydrogen-bond acceptors (Lipinski definition) is 4. The van der Waals surface area contributed by atoms with Gasteiger partial charge in [0.1, 0.15) is 0 Å². The predicted octanol–water partition coefficient (Wildman–Crippen LogP) is 3.35. The van der Waals surface area contributed by atoms with Crippen LogP contribution in [0.5, 0.6) is 0 Å². The minimum atomic E-state index is -0.248. The third-order valence-electron chi connectivity index (χ3n) is 5.06. The Hall–Kier alpha value is -3.41. The topological polar surface area (TPSA) is 76.0 Å². The molecule has 1 saturated carbocycles. The summed E-state index contributed by atoms with van der Waals surface area (Å²) in [6, 6.07) is 13.8. The quantitative estimate of drug-likeness (QED) is 0.679. The lowest BCUT2D eigenvalue weighted by molar-refractivity contribution is 0.0951. The van der Waals surface area contributed by atoms with Gasteiger partial charge in [0.15, 0.2) is 5.82 Å². The molecule has 2 aromatic carbocycles. The highest BCUT2D eigenvalue weighted by Gasteiger charge is 2.24. The monoisotopic (exact) mass is 388 g/mol. The maximum absolute atomic E-state index is 13.0. The first-order valence-corrected chi connectivity index (χ1v) is 9.80. The van der Waals surface area contributed by atoms with E-state index < -0.39 is 0 Å². The van der Waals surface area contributed by atoms with Gasteiger partial charge in [-0.15, -0.1) is 0 Å². The smallest absolute Gasteiger partial charge is 0.297 e. The van der Waals surface area contributed by atoms with Crippen LogP contribution in [0, 0.1) is 13.8 Å². The fourth-order valence-electron chi connectivity index (χ4n) is 3.12. The fraction of sp³-hybridized carbons (Fsp3) is 0.261. The number of hydrogen-bond donors (Lipinski definition) is 2. The van der Waals surface area contributed by atoms with Gasteiger partial charge in [-0.25, -0.2) is 4.98 Å². The Kier molecular flexibility index (Phi) is 5.16. The van der Waals surface area contributed by atoms with Crippen LogP contribution in [-0.2, 0) is 6.54 Å². The van der Waals surface area contributed by atoms with E-state index in [0.717, 1.165) is 24.0 Å². The molecule has 0 bridgehead atoms. The van der Waals surface area contributed by atoms with Gasteiger partial charge >= 0.3 is 0 Å². The summed E-state index contributed by atoms with van der Waals surface area (Å²) in [6.45, 7) is 4.47. The van der Waals surface area contributed by atoms with E-state index in [1.807, 2.05) is 44.2 Å². The Bertz CT molecular complexity index is 1100. The van der Waals surface area contributed by atoms with E-state index in [4.69, 9.17) is 0 Å². The van der Waals surface area contributed by atoms with Gasteiger partial charge in [0.2, 0.25) is 0 Å². The fourth-order valence-corrected chi connectivity index (χ4v) is 3.12. The van der Waals surface area contributed by atoms with Gasteiger partial charge in [0.05, 0.1) is 5.69 Å². The van der Waals surface area contributed by atoms with Gasteiger partial charge in [-0.3, -0.25) is 14.2 Å². The van der Waals surface area contributed by atoms with Crippen LogP contribution in [-0.4, -0.2) is 21.5 Å². The van der Waals surface area contributed by atoms with Crippen LogP contribution < -0.4 is 16.2 Å². The summed E-state index contributed by atoms with van der Waals surface area (Å²) in [4.78, 5) is 29.6. The van der Waals surface area contributed by atoms with Gasteiger partial charge in [-0.05, 0) is 49.9 Å². The number of benzene rings is 2. The van der Waals surface area contributed by atoms with Gasteiger partial charge in [0.25, 0.3) is 11.5 Å². The van der Waals surface area contributed by atoms with E-state index >= 15 is 0 Å². The van der Waals surface area contributed by atoms with Gasteiger partial charge in [0, 0.05) is 30.5 Å². The zero-order chi connectivity index (χ0) is 20.4. The highest BCUT2D eigenvalue weighted by Crippen LogP contribution is 2.21. The summed E-state index contributed by atoms with van der Waals surface area (Å²) in [5.74, 6) is 0.175. The van der Waals surface area contributed by atoms with Crippen molar-refractivity contribution in [3.8, 4) is 5.69 Å². The van der Waals surface area contributed by atoms with E-state index in [1.54, 1.807) is 24.5 Å². The molecule has 4 rings (SSSR count). The molecule has 0 atom stereocenters. The van der Waals surface area contributed by atoms with Crippen molar-refractivity contribution in [2.24, 2.45) is 0 Å². The van der Waals surface area contributed by atoms with Crippen molar-refractivity contribution in [1.29, 1.82) is 0 Å². The maximum Gasteiger partial charge on any atom is 0.297 e. The van der Waals surface area contributed by atoms with Crippen LogP contribution in [0.2, 0.25) is 0 Å². The average Bonchev–Trinajstić information content (AvgIpc) is 3.53. The molecule has 0 saturated heterocycles. The number of anilines is 1. The second kappa shape index (κ2) is 7.91. The molecule has 1 fully saturated rings. The predicted molar refractivity (Wildman–Crippen MR) is 114 cm³/mol. The lowest BCUT2D eigenvalue weighted by Gasteiger charge is -2.13. The minimum absolute atomic E-state index is 0.103. The first-order valence-electron chi connectivity index (χ1n) is 9.80. The third kappa shape index (κ3) is 4.37. The van der Waals surface area contributed by atoms with Crippen molar-refractivity contribution in [3.63, 3.8) is 0 Å². The Balaban J connectivity index is 1.60. The van der Waals surface area contributed by atoms with Crippen LogP contribution in [0.25, 0.3) is 5.69 Å². The second-order valence-electron chi connectivity index (χ2n) is 7.54. The first kappa shape index (κ1) is 18.9. The normalized spacial score (nSPS) is 13.2. The number of carbonyl (C=O) groups excluding carboxylic acids is 1. The van der Waals surface area contributed by atoms with Crippen molar-refractivity contribution < 1.29 is 4.79 Å². The Morgan fingerprint density at radius 3 is 2.62 bits per heavy atom. The Morgan fingerprint density at radius 1 is 1.14 bits per heavy atom. The number of aromatic nitrogens is 2. The number of nitrogens with one attached hydrogen (secondary N) is 2. The van der Waals surface area contributed by atoms with Crippen molar-refractivity contribution in [2.75, 3.05) is 5.32 Å². The molecule has 0 spiro atoms. The molecule has 3 aromatic rings. The molecule has 1 aromatic heterocycles.